The molecule has 0 aromatic carbocycles. The lowest BCUT2D eigenvalue weighted by Crippen LogP contribution is -2.41. The average molecular weight is 237 g/mol. The Hall–Kier alpha value is -1.62. The van der Waals surface area contributed by atoms with Gasteiger partial charge in [0.25, 0.3) is 5.91 Å². The minimum atomic E-state index is -0.528. The van der Waals surface area contributed by atoms with Gasteiger partial charge in [-0.3, -0.25) is 4.79 Å². The Morgan fingerprint density at radius 2 is 2.18 bits per heavy atom. The molecule has 0 fully saturated rings. The number of nitrogens with zero attached hydrogens (tertiary/aromatic N) is 1. The van der Waals surface area contributed by atoms with E-state index in [1.807, 2.05) is 13.8 Å². The van der Waals surface area contributed by atoms with Crippen molar-refractivity contribution in [3.8, 4) is 0 Å². The van der Waals surface area contributed by atoms with Crippen molar-refractivity contribution in [1.29, 1.82) is 0 Å². The van der Waals surface area contributed by atoms with Crippen molar-refractivity contribution in [2.75, 3.05) is 11.9 Å². The van der Waals surface area contributed by atoms with Gasteiger partial charge >= 0.3 is 0 Å². The molecule has 0 radical (unpaired) electrons. The molecule has 0 aliphatic carbocycles. The number of carbonyl (C=O) groups excluding carboxylic acids is 1. The van der Waals surface area contributed by atoms with Gasteiger partial charge in [-0.25, -0.2) is 4.98 Å². The maximum atomic E-state index is 11.3. The molecule has 0 atom stereocenters. The molecule has 5 heteroatoms. The van der Waals surface area contributed by atoms with Crippen molar-refractivity contribution in [3.63, 3.8) is 0 Å². The van der Waals surface area contributed by atoms with E-state index in [1.165, 1.54) is 0 Å². The van der Waals surface area contributed by atoms with Crippen molar-refractivity contribution < 1.29 is 9.90 Å². The summed E-state index contributed by atoms with van der Waals surface area (Å²) < 4.78 is 0. The Balaban J connectivity index is 3.05. The summed E-state index contributed by atoms with van der Waals surface area (Å²) in [4.78, 5) is 15.4. The summed E-state index contributed by atoms with van der Waals surface area (Å²) in [6.07, 6.45) is 3.05. The second-order valence-electron chi connectivity index (χ2n) is 4.03. The first kappa shape index (κ1) is 13.4. The predicted molar refractivity (Wildman–Crippen MR) is 66.8 cm³/mol. The number of hydrogen-bond donors (Lipinski definition) is 3. The zero-order valence-corrected chi connectivity index (χ0v) is 10.2. The number of rotatable bonds is 6. The second-order valence-corrected chi connectivity index (χ2v) is 4.03. The van der Waals surface area contributed by atoms with Gasteiger partial charge in [-0.05, 0) is 25.0 Å². The van der Waals surface area contributed by atoms with Crippen LogP contribution in [0.5, 0.6) is 0 Å². The van der Waals surface area contributed by atoms with Crippen molar-refractivity contribution in [1.82, 2.24) is 4.98 Å². The number of aliphatic hydroxyl groups excluding tert-OH is 1. The van der Waals surface area contributed by atoms with Gasteiger partial charge in [-0.2, -0.15) is 0 Å². The Labute approximate surface area is 101 Å². The molecule has 94 valence electrons. The molecule has 0 spiro atoms. The number of nitrogens with one attached hydrogen (secondary N) is 1. The van der Waals surface area contributed by atoms with E-state index in [-0.39, 0.29) is 6.61 Å². The van der Waals surface area contributed by atoms with Crippen LogP contribution >= 0.6 is 0 Å². The Morgan fingerprint density at radius 1 is 1.53 bits per heavy atom. The fourth-order valence-electron chi connectivity index (χ4n) is 1.64. The van der Waals surface area contributed by atoms with Gasteiger partial charge < -0.3 is 16.2 Å². The third kappa shape index (κ3) is 2.94. The molecule has 4 N–H and O–H groups in total. The highest BCUT2D eigenvalue weighted by molar-refractivity contribution is 5.97. The van der Waals surface area contributed by atoms with Crippen LogP contribution in [-0.2, 0) is 0 Å². The maximum absolute atomic E-state index is 11.3. The summed E-state index contributed by atoms with van der Waals surface area (Å²) in [5.41, 5.74) is 5.16. The quantitative estimate of drug-likeness (QED) is 0.692. The number of primary amides is 1. The molecular formula is C12H19N3O2. The minimum absolute atomic E-state index is 0.0191. The number of carbonyl (C=O) groups is 1. The zero-order chi connectivity index (χ0) is 12.9. The van der Waals surface area contributed by atoms with Gasteiger partial charge in [0.1, 0.15) is 5.82 Å². The molecule has 1 heterocycles. The molecule has 1 amide bonds. The lowest BCUT2D eigenvalue weighted by Gasteiger charge is -2.31. The van der Waals surface area contributed by atoms with Crippen molar-refractivity contribution >= 4 is 11.7 Å². The molecule has 0 saturated carbocycles. The Kier molecular flexibility index (Phi) is 4.45. The molecular weight excluding hydrogens is 218 g/mol. The highest BCUT2D eigenvalue weighted by Gasteiger charge is 2.26. The van der Waals surface area contributed by atoms with Gasteiger partial charge in [0.15, 0.2) is 0 Å². The zero-order valence-electron chi connectivity index (χ0n) is 10.2. The van der Waals surface area contributed by atoms with Crippen molar-refractivity contribution in [3.05, 3.63) is 23.9 Å². The van der Waals surface area contributed by atoms with Crippen LogP contribution in [0.15, 0.2) is 18.3 Å². The van der Waals surface area contributed by atoms with Gasteiger partial charge in [0.05, 0.1) is 17.7 Å². The fourth-order valence-corrected chi connectivity index (χ4v) is 1.64. The fraction of sp³-hybridized carbons (Fsp3) is 0.500. The van der Waals surface area contributed by atoms with Crippen LogP contribution in [0.4, 0.5) is 5.82 Å². The highest BCUT2D eigenvalue weighted by atomic mass is 16.3. The van der Waals surface area contributed by atoms with Gasteiger partial charge in [-0.1, -0.05) is 13.8 Å². The van der Waals surface area contributed by atoms with Crippen LogP contribution < -0.4 is 11.1 Å². The molecule has 0 unspecified atom stereocenters. The summed E-state index contributed by atoms with van der Waals surface area (Å²) in [5.74, 6) is -0.0996. The SMILES string of the molecule is CCC(CC)(CO)Nc1ncccc1C(N)=O. The van der Waals surface area contributed by atoms with E-state index in [0.29, 0.717) is 11.4 Å². The normalized spacial score (nSPS) is 11.2. The molecule has 1 rings (SSSR count). The van der Waals surface area contributed by atoms with Crippen LogP contribution in [-0.4, -0.2) is 28.1 Å². The molecule has 17 heavy (non-hydrogen) atoms. The number of anilines is 1. The number of aromatic nitrogens is 1. The van der Waals surface area contributed by atoms with E-state index in [2.05, 4.69) is 10.3 Å². The monoisotopic (exact) mass is 237 g/mol. The van der Waals surface area contributed by atoms with Crippen molar-refractivity contribution in [2.24, 2.45) is 5.73 Å². The topological polar surface area (TPSA) is 88.2 Å². The van der Waals surface area contributed by atoms with Crippen LogP contribution in [0.25, 0.3) is 0 Å². The summed E-state index contributed by atoms with van der Waals surface area (Å²) in [6.45, 7) is 3.92. The first-order chi connectivity index (χ1) is 8.08. The summed E-state index contributed by atoms with van der Waals surface area (Å²) >= 11 is 0. The molecule has 1 aromatic rings. The third-order valence-electron chi connectivity index (χ3n) is 3.11. The highest BCUT2D eigenvalue weighted by Crippen LogP contribution is 2.22. The smallest absolute Gasteiger partial charge is 0.252 e. The number of amides is 1. The number of aliphatic hydroxyl groups is 1. The standard InChI is InChI=1S/C12H19N3O2/c1-3-12(4-2,8-16)15-11-9(10(13)17)6-5-7-14-11/h5-7,16H,3-4,8H2,1-2H3,(H2,13,17)(H,14,15). The summed E-state index contributed by atoms with van der Waals surface area (Å²) in [5, 5.41) is 12.6. The second kappa shape index (κ2) is 5.63. The molecule has 0 aliphatic heterocycles. The number of nitrogens with two attached hydrogens (primary N) is 1. The van der Waals surface area contributed by atoms with E-state index in [4.69, 9.17) is 5.73 Å². The first-order valence-corrected chi connectivity index (χ1v) is 5.72. The van der Waals surface area contributed by atoms with Crippen LogP contribution in [0, 0.1) is 0 Å². The minimum Gasteiger partial charge on any atom is -0.394 e. The van der Waals surface area contributed by atoms with E-state index in [0.717, 1.165) is 12.8 Å². The molecule has 0 saturated heterocycles. The third-order valence-corrected chi connectivity index (χ3v) is 3.11. The predicted octanol–water partition coefficient (Wildman–Crippen LogP) is 1.14. The Bertz CT molecular complexity index is 381. The van der Waals surface area contributed by atoms with E-state index >= 15 is 0 Å². The molecule has 0 aliphatic rings. The molecule has 0 bridgehead atoms. The number of pyridine rings is 1. The molecule has 5 nitrogen and oxygen atoms in total. The summed E-state index contributed by atoms with van der Waals surface area (Å²) in [7, 11) is 0. The first-order valence-electron chi connectivity index (χ1n) is 5.72. The number of hydrogen-bond acceptors (Lipinski definition) is 4. The van der Waals surface area contributed by atoms with E-state index < -0.39 is 11.4 Å². The van der Waals surface area contributed by atoms with Crippen molar-refractivity contribution in [2.45, 2.75) is 32.2 Å². The molecule has 1 aromatic heterocycles. The lowest BCUT2D eigenvalue weighted by molar-refractivity contribution is 0.100. The lowest BCUT2D eigenvalue weighted by atomic mass is 9.93. The van der Waals surface area contributed by atoms with Crippen LogP contribution in [0.1, 0.15) is 37.0 Å². The average Bonchev–Trinajstić information content (AvgIpc) is 2.36. The van der Waals surface area contributed by atoms with Gasteiger partial charge in [0.2, 0.25) is 0 Å². The van der Waals surface area contributed by atoms with Gasteiger partial charge in [0, 0.05) is 6.20 Å². The van der Waals surface area contributed by atoms with Crippen LogP contribution in [0.2, 0.25) is 0 Å². The maximum Gasteiger partial charge on any atom is 0.252 e. The Morgan fingerprint density at radius 3 is 2.65 bits per heavy atom. The largest absolute Gasteiger partial charge is 0.394 e. The van der Waals surface area contributed by atoms with Gasteiger partial charge in [-0.15, -0.1) is 0 Å². The van der Waals surface area contributed by atoms with E-state index in [9.17, 15) is 9.90 Å². The summed E-state index contributed by atoms with van der Waals surface area (Å²) in [6, 6.07) is 3.27. The van der Waals surface area contributed by atoms with E-state index in [1.54, 1.807) is 18.3 Å². The van der Waals surface area contributed by atoms with Crippen LogP contribution in [0.3, 0.4) is 0 Å².